The Bertz CT molecular complexity index is 256. The molecular formula is C7H11N3O. The Morgan fingerprint density at radius 2 is 2.64 bits per heavy atom. The van der Waals surface area contributed by atoms with Crippen LogP contribution in [0, 0.1) is 0 Å². The molecule has 11 heavy (non-hydrogen) atoms. The molecule has 0 bridgehead atoms. The summed E-state index contributed by atoms with van der Waals surface area (Å²) in [5.41, 5.74) is 5.42. The largest absolute Gasteiger partial charge is 0.476 e. The smallest absolute Gasteiger partial charge is 0.214 e. The molecule has 2 heterocycles. The summed E-state index contributed by atoms with van der Waals surface area (Å²) in [6, 6.07) is 0. The highest BCUT2D eigenvalue weighted by Gasteiger charge is 2.15. The lowest BCUT2D eigenvalue weighted by Gasteiger charge is -1.98. The average Bonchev–Trinajstić information content (AvgIpc) is 2.53. The van der Waals surface area contributed by atoms with Gasteiger partial charge in [-0.05, 0) is 6.54 Å². The minimum absolute atomic E-state index is 0.649. The SMILES string of the molecule is NCCc1ncc2n1CCO2. The van der Waals surface area contributed by atoms with E-state index in [9.17, 15) is 0 Å². The summed E-state index contributed by atoms with van der Waals surface area (Å²) in [5.74, 6) is 1.92. The van der Waals surface area contributed by atoms with E-state index in [1.165, 1.54) is 0 Å². The number of nitrogens with two attached hydrogens (primary N) is 1. The van der Waals surface area contributed by atoms with Gasteiger partial charge >= 0.3 is 0 Å². The van der Waals surface area contributed by atoms with Crippen LogP contribution in [-0.4, -0.2) is 22.7 Å². The summed E-state index contributed by atoms with van der Waals surface area (Å²) in [6.45, 7) is 2.34. The number of imidazole rings is 1. The van der Waals surface area contributed by atoms with Gasteiger partial charge in [-0.3, -0.25) is 4.57 Å². The highest BCUT2D eigenvalue weighted by Crippen LogP contribution is 2.18. The van der Waals surface area contributed by atoms with E-state index in [-0.39, 0.29) is 0 Å². The molecule has 4 nitrogen and oxygen atoms in total. The average molecular weight is 153 g/mol. The van der Waals surface area contributed by atoms with Crippen molar-refractivity contribution in [3.8, 4) is 5.88 Å². The van der Waals surface area contributed by atoms with E-state index < -0.39 is 0 Å². The summed E-state index contributed by atoms with van der Waals surface area (Å²) in [6.07, 6.45) is 2.60. The summed E-state index contributed by atoms with van der Waals surface area (Å²) in [4.78, 5) is 4.19. The molecule has 1 aliphatic rings. The molecule has 0 amide bonds. The van der Waals surface area contributed by atoms with Crippen molar-refractivity contribution in [2.24, 2.45) is 5.73 Å². The monoisotopic (exact) mass is 153 g/mol. The maximum Gasteiger partial charge on any atom is 0.214 e. The first-order valence-electron chi connectivity index (χ1n) is 3.79. The van der Waals surface area contributed by atoms with Crippen LogP contribution in [0.5, 0.6) is 5.88 Å². The fraction of sp³-hybridized carbons (Fsp3) is 0.571. The summed E-state index contributed by atoms with van der Waals surface area (Å²) < 4.78 is 7.36. The summed E-state index contributed by atoms with van der Waals surface area (Å²) in [7, 11) is 0. The second-order valence-corrected chi connectivity index (χ2v) is 2.55. The molecule has 0 aromatic carbocycles. The first-order chi connectivity index (χ1) is 5.42. The quantitative estimate of drug-likeness (QED) is 0.639. The van der Waals surface area contributed by atoms with Gasteiger partial charge in [-0.2, -0.15) is 0 Å². The standard InChI is InChI=1S/C7H11N3O/c8-2-1-6-9-5-7-10(6)3-4-11-7/h5H,1-4,8H2. The molecule has 2 rings (SSSR count). The van der Waals surface area contributed by atoms with Crippen LogP contribution >= 0.6 is 0 Å². The number of rotatable bonds is 2. The van der Waals surface area contributed by atoms with Crippen molar-refractivity contribution >= 4 is 0 Å². The normalized spacial score (nSPS) is 14.6. The van der Waals surface area contributed by atoms with Crippen LogP contribution in [-0.2, 0) is 13.0 Å². The molecule has 0 unspecified atom stereocenters. The van der Waals surface area contributed by atoms with Gasteiger partial charge in [0, 0.05) is 6.42 Å². The van der Waals surface area contributed by atoms with Gasteiger partial charge in [0.25, 0.3) is 0 Å². The zero-order chi connectivity index (χ0) is 7.68. The molecule has 1 aromatic heterocycles. The van der Waals surface area contributed by atoms with E-state index >= 15 is 0 Å². The van der Waals surface area contributed by atoms with Crippen molar-refractivity contribution in [1.82, 2.24) is 9.55 Å². The van der Waals surface area contributed by atoms with E-state index in [1.807, 2.05) is 0 Å². The summed E-state index contributed by atoms with van der Waals surface area (Å²) >= 11 is 0. The van der Waals surface area contributed by atoms with Crippen molar-refractivity contribution in [1.29, 1.82) is 0 Å². The first kappa shape index (κ1) is 6.67. The van der Waals surface area contributed by atoms with E-state index in [2.05, 4.69) is 9.55 Å². The molecule has 60 valence electrons. The Morgan fingerprint density at radius 3 is 3.45 bits per heavy atom. The van der Waals surface area contributed by atoms with Gasteiger partial charge in [-0.25, -0.2) is 4.98 Å². The maximum absolute atomic E-state index is 5.42. The Morgan fingerprint density at radius 1 is 1.73 bits per heavy atom. The molecule has 0 atom stereocenters. The van der Waals surface area contributed by atoms with Gasteiger partial charge in [0.2, 0.25) is 5.88 Å². The van der Waals surface area contributed by atoms with Crippen LogP contribution in [0.25, 0.3) is 0 Å². The lowest BCUT2D eigenvalue weighted by molar-refractivity contribution is 0.355. The number of ether oxygens (including phenoxy) is 1. The second kappa shape index (κ2) is 2.54. The highest BCUT2D eigenvalue weighted by molar-refractivity contribution is 5.14. The Kier molecular flexibility index (Phi) is 1.54. The number of hydrogen-bond acceptors (Lipinski definition) is 3. The third-order valence-corrected chi connectivity index (χ3v) is 1.83. The maximum atomic E-state index is 5.42. The molecule has 1 aliphatic heterocycles. The van der Waals surface area contributed by atoms with Crippen LogP contribution in [0.2, 0.25) is 0 Å². The third kappa shape index (κ3) is 0.991. The van der Waals surface area contributed by atoms with Crippen LogP contribution in [0.1, 0.15) is 5.82 Å². The van der Waals surface area contributed by atoms with Gasteiger partial charge in [-0.15, -0.1) is 0 Å². The van der Waals surface area contributed by atoms with E-state index in [4.69, 9.17) is 10.5 Å². The molecule has 0 radical (unpaired) electrons. The molecular weight excluding hydrogens is 142 g/mol. The molecule has 0 saturated heterocycles. The fourth-order valence-corrected chi connectivity index (χ4v) is 1.32. The Labute approximate surface area is 65.0 Å². The van der Waals surface area contributed by atoms with Gasteiger partial charge in [0.1, 0.15) is 12.4 Å². The number of fused-ring (bicyclic) bond motifs is 1. The van der Waals surface area contributed by atoms with E-state index in [0.717, 1.165) is 31.3 Å². The van der Waals surface area contributed by atoms with Crippen LogP contribution in [0.15, 0.2) is 6.20 Å². The Hall–Kier alpha value is -1.03. The number of aromatic nitrogens is 2. The molecule has 4 heteroatoms. The predicted molar refractivity (Wildman–Crippen MR) is 40.5 cm³/mol. The van der Waals surface area contributed by atoms with Gasteiger partial charge in [0.15, 0.2) is 0 Å². The van der Waals surface area contributed by atoms with Crippen LogP contribution in [0.4, 0.5) is 0 Å². The van der Waals surface area contributed by atoms with Gasteiger partial charge in [-0.1, -0.05) is 0 Å². The predicted octanol–water partition coefficient (Wildman–Crippen LogP) is -0.223. The van der Waals surface area contributed by atoms with Crippen molar-refractivity contribution in [2.45, 2.75) is 13.0 Å². The van der Waals surface area contributed by atoms with Crippen LogP contribution < -0.4 is 10.5 Å². The van der Waals surface area contributed by atoms with Crippen molar-refractivity contribution < 1.29 is 4.74 Å². The second-order valence-electron chi connectivity index (χ2n) is 2.55. The highest BCUT2D eigenvalue weighted by atomic mass is 16.5. The lowest BCUT2D eigenvalue weighted by Crippen LogP contribution is -2.08. The van der Waals surface area contributed by atoms with Gasteiger partial charge < -0.3 is 10.5 Å². The lowest BCUT2D eigenvalue weighted by atomic mass is 10.4. The fourth-order valence-electron chi connectivity index (χ4n) is 1.32. The molecule has 1 aromatic rings. The molecule has 2 N–H and O–H groups in total. The molecule has 0 spiro atoms. The van der Waals surface area contributed by atoms with E-state index in [1.54, 1.807) is 6.20 Å². The van der Waals surface area contributed by atoms with Crippen LogP contribution in [0.3, 0.4) is 0 Å². The zero-order valence-corrected chi connectivity index (χ0v) is 6.29. The minimum Gasteiger partial charge on any atom is -0.476 e. The topological polar surface area (TPSA) is 53.1 Å². The molecule has 0 aliphatic carbocycles. The minimum atomic E-state index is 0.649. The van der Waals surface area contributed by atoms with Crippen molar-refractivity contribution in [2.75, 3.05) is 13.2 Å². The molecule has 0 saturated carbocycles. The third-order valence-electron chi connectivity index (χ3n) is 1.83. The Balaban J connectivity index is 2.27. The first-order valence-corrected chi connectivity index (χ1v) is 3.79. The molecule has 0 fully saturated rings. The zero-order valence-electron chi connectivity index (χ0n) is 6.29. The van der Waals surface area contributed by atoms with Crippen molar-refractivity contribution in [3.05, 3.63) is 12.0 Å². The van der Waals surface area contributed by atoms with Gasteiger partial charge in [0.05, 0.1) is 12.7 Å². The number of hydrogen-bond donors (Lipinski definition) is 1. The number of nitrogens with zero attached hydrogens (tertiary/aromatic N) is 2. The van der Waals surface area contributed by atoms with E-state index in [0.29, 0.717) is 6.54 Å². The van der Waals surface area contributed by atoms with Crippen molar-refractivity contribution in [3.63, 3.8) is 0 Å². The summed E-state index contributed by atoms with van der Waals surface area (Å²) in [5, 5.41) is 0.